The van der Waals surface area contributed by atoms with Gasteiger partial charge in [-0.25, -0.2) is 9.37 Å². The molecule has 0 spiro atoms. The van der Waals surface area contributed by atoms with Gasteiger partial charge in [0.15, 0.2) is 0 Å². The number of oxazole rings is 1. The Morgan fingerprint density at radius 2 is 2.12 bits per heavy atom. The highest BCUT2D eigenvalue weighted by molar-refractivity contribution is 5.78. The number of aromatic nitrogens is 1. The highest BCUT2D eigenvalue weighted by Crippen LogP contribution is 2.23. The number of halogens is 1. The van der Waals surface area contributed by atoms with Crippen molar-refractivity contribution in [3.63, 3.8) is 0 Å². The van der Waals surface area contributed by atoms with E-state index >= 15 is 0 Å². The Morgan fingerprint density at radius 3 is 2.83 bits per heavy atom. The van der Waals surface area contributed by atoms with Crippen molar-refractivity contribution in [1.29, 1.82) is 0 Å². The molecule has 1 aliphatic rings. The fraction of sp³-hybridized carbons (Fsp3) is 0.444. The van der Waals surface area contributed by atoms with Crippen LogP contribution >= 0.6 is 0 Å². The van der Waals surface area contributed by atoms with E-state index in [1.54, 1.807) is 12.1 Å². The molecule has 1 aromatic carbocycles. The lowest BCUT2D eigenvalue weighted by Crippen LogP contribution is -2.47. The minimum atomic E-state index is -0.321. The average Bonchev–Trinajstić information content (AvgIpc) is 3.04. The van der Waals surface area contributed by atoms with Crippen LogP contribution in [0.4, 0.5) is 4.39 Å². The van der Waals surface area contributed by atoms with E-state index in [-0.39, 0.29) is 36.7 Å². The van der Waals surface area contributed by atoms with Crippen LogP contribution in [0.15, 0.2) is 34.9 Å². The lowest BCUT2D eigenvalue weighted by atomic mass is 9.94. The molecule has 128 valence electrons. The molecule has 1 fully saturated rings. The maximum Gasteiger partial charge on any atom is 0.228 e. The van der Waals surface area contributed by atoms with Crippen molar-refractivity contribution < 1.29 is 18.7 Å². The van der Waals surface area contributed by atoms with Crippen molar-refractivity contribution in [3.05, 3.63) is 42.0 Å². The van der Waals surface area contributed by atoms with Gasteiger partial charge in [0, 0.05) is 24.8 Å². The molecule has 0 aliphatic carbocycles. The number of benzene rings is 1. The zero-order chi connectivity index (χ0) is 17.1. The second kappa shape index (κ2) is 7.13. The van der Waals surface area contributed by atoms with Gasteiger partial charge in [0.2, 0.25) is 11.8 Å². The van der Waals surface area contributed by atoms with Gasteiger partial charge in [0.05, 0.1) is 12.1 Å². The highest BCUT2D eigenvalue weighted by atomic mass is 19.1. The number of carbonyl (C=O) groups is 1. The number of hydrogen-bond donors (Lipinski definition) is 1. The Bertz CT molecular complexity index is 699. The van der Waals surface area contributed by atoms with Gasteiger partial charge in [0.25, 0.3) is 0 Å². The van der Waals surface area contributed by atoms with E-state index in [1.165, 1.54) is 18.4 Å². The van der Waals surface area contributed by atoms with E-state index in [4.69, 9.17) is 4.42 Å². The predicted octanol–water partition coefficient (Wildman–Crippen LogP) is 2.64. The molecule has 0 bridgehead atoms. The quantitative estimate of drug-likeness (QED) is 0.935. The number of aliphatic hydroxyl groups excluding tert-OH is 1. The molecule has 24 heavy (non-hydrogen) atoms. The number of carbonyl (C=O) groups excluding carboxylic acids is 1. The molecule has 1 aliphatic heterocycles. The molecule has 6 heteroatoms. The molecular formula is C18H21FN2O3. The lowest BCUT2D eigenvalue weighted by molar-refractivity contribution is -0.135. The largest absolute Gasteiger partial charge is 0.444 e. The normalized spacial score (nSPS) is 21.0. The van der Waals surface area contributed by atoms with Crippen LogP contribution in [0.5, 0.6) is 0 Å². The summed E-state index contributed by atoms with van der Waals surface area (Å²) in [6, 6.07) is 6.03. The summed E-state index contributed by atoms with van der Waals surface area (Å²) in [5.74, 6) is 0.188. The van der Waals surface area contributed by atoms with Gasteiger partial charge in [-0.05, 0) is 49.9 Å². The SMILES string of the molecule is CC1CCC(CO)CN1C(=O)Cc1coc(-c2ccc(F)cc2)n1. The fourth-order valence-electron chi connectivity index (χ4n) is 3.05. The summed E-state index contributed by atoms with van der Waals surface area (Å²) in [5.41, 5.74) is 1.22. The number of piperidine rings is 1. The molecule has 5 nitrogen and oxygen atoms in total. The van der Waals surface area contributed by atoms with Crippen LogP contribution in [0.2, 0.25) is 0 Å². The van der Waals surface area contributed by atoms with Crippen molar-refractivity contribution in [2.45, 2.75) is 32.2 Å². The van der Waals surface area contributed by atoms with Crippen LogP contribution in [0.3, 0.4) is 0 Å². The van der Waals surface area contributed by atoms with E-state index in [0.717, 1.165) is 12.8 Å². The first-order chi connectivity index (χ1) is 11.6. The summed E-state index contributed by atoms with van der Waals surface area (Å²) >= 11 is 0. The van der Waals surface area contributed by atoms with Crippen LogP contribution in [0.1, 0.15) is 25.5 Å². The topological polar surface area (TPSA) is 66.6 Å². The molecule has 2 unspecified atom stereocenters. The minimum absolute atomic E-state index is 0.0143. The first-order valence-electron chi connectivity index (χ1n) is 8.17. The molecule has 2 heterocycles. The first kappa shape index (κ1) is 16.6. The van der Waals surface area contributed by atoms with Gasteiger partial charge in [-0.1, -0.05) is 0 Å². The van der Waals surface area contributed by atoms with Gasteiger partial charge >= 0.3 is 0 Å². The third-order valence-electron chi connectivity index (χ3n) is 4.53. The highest BCUT2D eigenvalue weighted by Gasteiger charge is 2.29. The Morgan fingerprint density at radius 1 is 1.38 bits per heavy atom. The zero-order valence-electron chi connectivity index (χ0n) is 13.6. The summed E-state index contributed by atoms with van der Waals surface area (Å²) < 4.78 is 18.4. The summed E-state index contributed by atoms with van der Waals surface area (Å²) in [6.45, 7) is 2.71. The standard InChI is InChI=1S/C18H21FN2O3/c1-12-2-3-13(10-22)9-21(12)17(23)8-16-11-24-18(20-16)14-4-6-15(19)7-5-14/h4-7,11-13,22H,2-3,8-10H2,1H3. The average molecular weight is 332 g/mol. The van der Waals surface area contributed by atoms with Crippen molar-refractivity contribution in [3.8, 4) is 11.5 Å². The van der Waals surface area contributed by atoms with Crippen LogP contribution < -0.4 is 0 Å². The first-order valence-corrected chi connectivity index (χ1v) is 8.17. The smallest absolute Gasteiger partial charge is 0.228 e. The Kier molecular flexibility index (Phi) is 4.94. The lowest BCUT2D eigenvalue weighted by Gasteiger charge is -2.37. The van der Waals surface area contributed by atoms with Crippen LogP contribution in [0.25, 0.3) is 11.5 Å². The van der Waals surface area contributed by atoms with Gasteiger partial charge in [-0.3, -0.25) is 4.79 Å². The van der Waals surface area contributed by atoms with Gasteiger partial charge in [-0.15, -0.1) is 0 Å². The molecule has 2 aromatic rings. The van der Waals surface area contributed by atoms with Crippen molar-refractivity contribution in [2.75, 3.05) is 13.2 Å². The number of aliphatic hydroxyl groups is 1. The molecule has 1 amide bonds. The molecule has 2 atom stereocenters. The van der Waals surface area contributed by atoms with Gasteiger partial charge < -0.3 is 14.4 Å². The van der Waals surface area contributed by atoms with Gasteiger partial charge in [0.1, 0.15) is 12.1 Å². The van der Waals surface area contributed by atoms with Gasteiger partial charge in [-0.2, -0.15) is 0 Å². The van der Waals surface area contributed by atoms with Crippen molar-refractivity contribution in [2.24, 2.45) is 5.92 Å². The third-order valence-corrected chi connectivity index (χ3v) is 4.53. The molecular weight excluding hydrogens is 311 g/mol. The van der Waals surface area contributed by atoms with Crippen LogP contribution in [0, 0.1) is 11.7 Å². The molecule has 0 radical (unpaired) electrons. The Balaban J connectivity index is 1.67. The second-order valence-electron chi connectivity index (χ2n) is 6.35. The van der Waals surface area contributed by atoms with Crippen LogP contribution in [-0.2, 0) is 11.2 Å². The second-order valence-corrected chi connectivity index (χ2v) is 6.35. The fourth-order valence-corrected chi connectivity index (χ4v) is 3.05. The van der Waals surface area contributed by atoms with E-state index in [0.29, 0.717) is 23.7 Å². The van der Waals surface area contributed by atoms with Crippen molar-refractivity contribution >= 4 is 5.91 Å². The molecule has 1 aromatic heterocycles. The maximum atomic E-state index is 13.0. The van der Waals surface area contributed by atoms with E-state index < -0.39 is 0 Å². The number of likely N-dealkylation sites (tertiary alicyclic amines) is 1. The molecule has 1 saturated heterocycles. The summed E-state index contributed by atoms with van der Waals surface area (Å²) in [4.78, 5) is 18.7. The Labute approximate surface area is 140 Å². The summed E-state index contributed by atoms with van der Waals surface area (Å²) in [7, 11) is 0. The third kappa shape index (κ3) is 3.64. The molecule has 0 saturated carbocycles. The molecule has 3 rings (SSSR count). The van der Waals surface area contributed by atoms with E-state index in [2.05, 4.69) is 4.98 Å². The maximum absolute atomic E-state index is 13.0. The molecule has 1 N–H and O–H groups in total. The summed E-state index contributed by atoms with van der Waals surface area (Å²) in [6.07, 6.45) is 3.47. The number of hydrogen-bond acceptors (Lipinski definition) is 4. The monoisotopic (exact) mass is 332 g/mol. The number of rotatable bonds is 4. The van der Waals surface area contributed by atoms with Crippen LogP contribution in [-0.4, -0.2) is 40.1 Å². The summed E-state index contributed by atoms with van der Waals surface area (Å²) in [5, 5.41) is 9.32. The van der Waals surface area contributed by atoms with E-state index in [9.17, 15) is 14.3 Å². The number of amides is 1. The Hall–Kier alpha value is -2.21. The number of nitrogens with zero attached hydrogens (tertiary/aromatic N) is 2. The minimum Gasteiger partial charge on any atom is -0.444 e. The predicted molar refractivity (Wildman–Crippen MR) is 86.6 cm³/mol. The van der Waals surface area contributed by atoms with E-state index in [1.807, 2.05) is 11.8 Å². The zero-order valence-corrected chi connectivity index (χ0v) is 13.6. The van der Waals surface area contributed by atoms with Crippen molar-refractivity contribution in [1.82, 2.24) is 9.88 Å².